The first-order valence-electron chi connectivity index (χ1n) is 13.4. The smallest absolute Gasteiger partial charge is 0.317 e. The number of halogens is 2. The maximum absolute atomic E-state index is 13.9. The lowest BCUT2D eigenvalue weighted by Gasteiger charge is -2.52. The van der Waals surface area contributed by atoms with Gasteiger partial charge in [0.25, 0.3) is 0 Å². The van der Waals surface area contributed by atoms with Crippen LogP contribution in [0, 0.1) is 11.7 Å². The van der Waals surface area contributed by atoms with Gasteiger partial charge in [-0.2, -0.15) is 0 Å². The van der Waals surface area contributed by atoms with Gasteiger partial charge in [-0.15, -0.1) is 0 Å². The van der Waals surface area contributed by atoms with E-state index in [0.717, 1.165) is 69.3 Å². The Balaban J connectivity index is 0.00000304. The molecule has 0 spiro atoms. The minimum Gasteiger partial charge on any atom is -1.00 e. The van der Waals surface area contributed by atoms with Gasteiger partial charge in [0.2, 0.25) is 0 Å². The molecular weight excluding hydrogens is 521 g/mol. The molecule has 36 heavy (non-hydrogen) atoms. The summed E-state index contributed by atoms with van der Waals surface area (Å²) in [4.78, 5) is 26.9. The van der Waals surface area contributed by atoms with Gasteiger partial charge in [-0.1, -0.05) is 68.1 Å². The van der Waals surface area contributed by atoms with Crippen LogP contribution in [0.25, 0.3) is 0 Å². The third-order valence-corrected chi connectivity index (χ3v) is 8.78. The van der Waals surface area contributed by atoms with E-state index in [1.165, 1.54) is 25.0 Å². The van der Waals surface area contributed by atoms with Gasteiger partial charge in [0.05, 0.1) is 18.5 Å². The number of Topliss-reactive ketones (excluding diaryl/α,β-unsaturated/α-hetero) is 1. The molecule has 0 aromatic heterocycles. The molecule has 3 saturated heterocycles. The normalized spacial score (nSPS) is 26.9. The monoisotopic (exact) mass is 557 g/mol. The summed E-state index contributed by atoms with van der Waals surface area (Å²) in [6, 6.07) is 16.5. The fourth-order valence-corrected chi connectivity index (χ4v) is 6.83. The Hall–Kier alpha value is -2.05. The van der Waals surface area contributed by atoms with Crippen LogP contribution < -0.4 is 17.0 Å². The topological polar surface area (TPSA) is 43.4 Å². The summed E-state index contributed by atoms with van der Waals surface area (Å²) in [6.07, 6.45) is 8.23. The predicted molar refractivity (Wildman–Crippen MR) is 133 cm³/mol. The number of carbonyl (C=O) groups excluding carboxylic acids is 2. The molecule has 6 heteroatoms. The SMILES string of the molecule is O=C(Cc1cccc(F)c1)C[N+]12CCC(CC1)[C@@H](OC(=O)C1(c3ccccc3)CCCCCC1)C2.[Br-]. The van der Waals surface area contributed by atoms with E-state index in [-0.39, 0.29) is 47.1 Å². The molecule has 6 rings (SSSR count). The van der Waals surface area contributed by atoms with Crippen LogP contribution in [0.5, 0.6) is 0 Å². The molecule has 0 radical (unpaired) electrons. The van der Waals surface area contributed by atoms with Crippen molar-refractivity contribution in [2.45, 2.75) is 69.3 Å². The summed E-state index contributed by atoms with van der Waals surface area (Å²) >= 11 is 0. The second-order valence-electron chi connectivity index (χ2n) is 11.1. The molecule has 4 fully saturated rings. The van der Waals surface area contributed by atoms with Gasteiger partial charge in [-0.3, -0.25) is 9.59 Å². The number of rotatable bonds is 7. The van der Waals surface area contributed by atoms with E-state index >= 15 is 0 Å². The Bertz CT molecular complexity index is 1040. The number of carbonyl (C=O) groups is 2. The van der Waals surface area contributed by atoms with Gasteiger partial charge < -0.3 is 26.2 Å². The maximum Gasteiger partial charge on any atom is 0.317 e. The number of nitrogens with zero attached hydrogens (tertiary/aromatic N) is 1. The average Bonchev–Trinajstić information content (AvgIpc) is 3.12. The van der Waals surface area contributed by atoms with Gasteiger partial charge in [-0.05, 0) is 36.1 Å². The molecule has 3 heterocycles. The minimum atomic E-state index is -0.554. The van der Waals surface area contributed by atoms with Crippen molar-refractivity contribution in [3.05, 3.63) is 71.5 Å². The fourth-order valence-electron chi connectivity index (χ4n) is 6.83. The Kier molecular flexibility index (Phi) is 8.67. The van der Waals surface area contributed by atoms with E-state index in [2.05, 4.69) is 12.1 Å². The molecule has 3 aliphatic heterocycles. The van der Waals surface area contributed by atoms with Crippen molar-refractivity contribution >= 4 is 11.8 Å². The van der Waals surface area contributed by atoms with Gasteiger partial charge in [0.15, 0.2) is 11.9 Å². The number of hydrogen-bond acceptors (Lipinski definition) is 3. The molecule has 1 atom stereocenters. The molecule has 0 unspecified atom stereocenters. The Morgan fingerprint density at radius 2 is 1.64 bits per heavy atom. The number of benzene rings is 2. The lowest BCUT2D eigenvalue weighted by Crippen LogP contribution is -3.00. The van der Waals surface area contributed by atoms with Crippen LogP contribution in [0.3, 0.4) is 0 Å². The molecule has 2 aromatic rings. The lowest BCUT2D eigenvalue weighted by molar-refractivity contribution is -0.939. The van der Waals surface area contributed by atoms with Gasteiger partial charge in [-0.25, -0.2) is 4.39 Å². The molecular formula is C30H37BrFNO3. The molecule has 2 aromatic carbocycles. The molecule has 2 bridgehead atoms. The van der Waals surface area contributed by atoms with Crippen molar-refractivity contribution < 1.29 is 40.2 Å². The third kappa shape index (κ3) is 5.75. The predicted octanol–water partition coefficient (Wildman–Crippen LogP) is 2.39. The molecule has 4 nitrogen and oxygen atoms in total. The highest BCUT2D eigenvalue weighted by molar-refractivity contribution is 5.83. The first-order valence-corrected chi connectivity index (χ1v) is 13.4. The van der Waals surface area contributed by atoms with E-state index in [1.807, 2.05) is 24.3 Å². The number of ether oxygens (including phenoxy) is 1. The summed E-state index contributed by atoms with van der Waals surface area (Å²) < 4.78 is 20.7. The Labute approximate surface area is 224 Å². The zero-order valence-electron chi connectivity index (χ0n) is 21.0. The van der Waals surface area contributed by atoms with Crippen LogP contribution in [-0.2, 0) is 26.2 Å². The minimum absolute atomic E-state index is 0. The van der Waals surface area contributed by atoms with Crippen molar-refractivity contribution in [2.75, 3.05) is 26.2 Å². The zero-order valence-corrected chi connectivity index (χ0v) is 22.6. The molecule has 0 N–H and O–H groups in total. The third-order valence-electron chi connectivity index (χ3n) is 8.78. The first kappa shape index (κ1) is 27.0. The van der Waals surface area contributed by atoms with E-state index in [9.17, 15) is 14.0 Å². The van der Waals surface area contributed by atoms with Crippen LogP contribution in [0.1, 0.15) is 62.5 Å². The summed E-state index contributed by atoms with van der Waals surface area (Å²) in [5.41, 5.74) is 1.26. The Morgan fingerprint density at radius 1 is 0.944 bits per heavy atom. The summed E-state index contributed by atoms with van der Waals surface area (Å²) in [6.45, 7) is 3.06. The molecule has 0 amide bonds. The van der Waals surface area contributed by atoms with Crippen molar-refractivity contribution in [3.63, 3.8) is 0 Å². The highest BCUT2D eigenvalue weighted by Crippen LogP contribution is 2.42. The molecule has 4 aliphatic rings. The van der Waals surface area contributed by atoms with Crippen molar-refractivity contribution in [3.8, 4) is 0 Å². The molecule has 194 valence electrons. The van der Waals surface area contributed by atoms with Crippen LogP contribution >= 0.6 is 0 Å². The second kappa shape index (κ2) is 11.6. The van der Waals surface area contributed by atoms with Gasteiger partial charge in [0, 0.05) is 25.2 Å². The number of quaternary nitrogens is 1. The van der Waals surface area contributed by atoms with Gasteiger partial charge in [0.1, 0.15) is 18.9 Å². The van der Waals surface area contributed by atoms with Crippen LogP contribution in [0.4, 0.5) is 4.39 Å². The number of piperidine rings is 3. The molecule has 1 aliphatic carbocycles. The van der Waals surface area contributed by atoms with Crippen LogP contribution in [-0.4, -0.2) is 48.5 Å². The largest absolute Gasteiger partial charge is 1.00 e. The second-order valence-corrected chi connectivity index (χ2v) is 11.1. The van der Waals surface area contributed by atoms with Crippen molar-refractivity contribution in [1.82, 2.24) is 0 Å². The van der Waals surface area contributed by atoms with Crippen molar-refractivity contribution in [2.24, 2.45) is 5.92 Å². The van der Waals surface area contributed by atoms with Gasteiger partial charge >= 0.3 is 5.97 Å². The highest BCUT2D eigenvalue weighted by atomic mass is 79.9. The standard InChI is InChI=1S/C30H37FNO3.BrH/c31-26-12-8-9-23(19-26)20-27(33)21-32-17-13-24(14-18-32)28(22-32)35-29(34)30(15-6-1-2-7-16-30)25-10-4-3-5-11-25;/h3-5,8-12,19,24,28H,1-2,6-7,13-18,20-22H2;1H/q+1;/p-1/t24?,28-,32?;/m0./s1. The fraction of sp³-hybridized carbons (Fsp3) is 0.533. The zero-order chi connectivity index (χ0) is 24.3. The lowest BCUT2D eigenvalue weighted by atomic mass is 9.74. The number of hydrogen-bond donors (Lipinski definition) is 0. The van der Waals surface area contributed by atoms with E-state index in [4.69, 9.17) is 4.74 Å². The van der Waals surface area contributed by atoms with E-state index in [0.29, 0.717) is 16.9 Å². The van der Waals surface area contributed by atoms with Crippen LogP contribution in [0.15, 0.2) is 54.6 Å². The average molecular weight is 559 g/mol. The molecule has 1 saturated carbocycles. The van der Waals surface area contributed by atoms with Crippen LogP contribution in [0.2, 0.25) is 0 Å². The number of esters is 1. The summed E-state index contributed by atoms with van der Waals surface area (Å²) in [7, 11) is 0. The first-order chi connectivity index (χ1) is 17.0. The summed E-state index contributed by atoms with van der Waals surface area (Å²) in [5, 5.41) is 0. The quantitative estimate of drug-likeness (QED) is 0.298. The number of fused-ring (bicyclic) bond motifs is 3. The number of ketones is 1. The summed E-state index contributed by atoms with van der Waals surface area (Å²) in [5.74, 6) is 0.147. The van der Waals surface area contributed by atoms with E-state index < -0.39 is 5.41 Å². The highest BCUT2D eigenvalue weighted by Gasteiger charge is 2.50. The maximum atomic E-state index is 13.9. The Morgan fingerprint density at radius 3 is 2.31 bits per heavy atom. The van der Waals surface area contributed by atoms with E-state index in [1.54, 1.807) is 6.07 Å². The van der Waals surface area contributed by atoms with Crippen molar-refractivity contribution in [1.29, 1.82) is 0 Å².